The van der Waals surface area contributed by atoms with Crippen LogP contribution in [-0.2, 0) is 70.2 Å². The predicted molar refractivity (Wildman–Crippen MR) is 329 cm³/mol. The number of alkyl carbamates (subject to hydrolysis) is 1. The molecule has 0 saturated heterocycles. The number of nitrogens with two attached hydrogens (primary N) is 1. The average molecular weight is 1250 g/mol. The molecular weight excluding hydrogens is 1150 g/mol. The number of amides is 7. The first-order valence-corrected chi connectivity index (χ1v) is 30.9. The van der Waals surface area contributed by atoms with Gasteiger partial charge in [0.15, 0.2) is 0 Å². The normalized spacial score (nSPS) is 15.5. The van der Waals surface area contributed by atoms with Crippen LogP contribution in [0.15, 0.2) is 54.6 Å². The molecule has 0 saturated carbocycles. The molecule has 0 bridgehead atoms. The van der Waals surface area contributed by atoms with E-state index < -0.39 is 160 Å². The van der Waals surface area contributed by atoms with Gasteiger partial charge in [0.2, 0.25) is 40.6 Å². The zero-order chi connectivity index (χ0) is 65.5. The number of hydrogen-bond donors (Lipinski definition) is 10. The number of thioether (sulfide) groups is 2. The Morgan fingerprint density at radius 3 is 1.57 bits per heavy atom. The Kier molecular flexibility index (Phi) is 30.6. The lowest BCUT2D eigenvalue weighted by atomic mass is 9.98. The highest BCUT2D eigenvalue weighted by molar-refractivity contribution is 8.13. The highest BCUT2D eigenvalue weighted by Gasteiger charge is 2.39. The molecule has 2 aromatic carbocycles. The summed E-state index contributed by atoms with van der Waals surface area (Å²) in [6, 6.07) is 2.99. The van der Waals surface area contributed by atoms with E-state index in [9.17, 15) is 58.2 Å². The van der Waals surface area contributed by atoms with Crippen molar-refractivity contribution in [3.8, 4) is 5.75 Å². The molecule has 2 aromatic rings. The molecule has 0 heterocycles. The molecule has 10 atom stereocenters. The van der Waals surface area contributed by atoms with Crippen molar-refractivity contribution < 1.29 is 77.1 Å². The number of nitrogens with one attached hydrogen (secondary N) is 7. The first-order chi connectivity index (χ1) is 39.7. The number of hydrogen-bond acceptors (Lipinski definition) is 17. The summed E-state index contributed by atoms with van der Waals surface area (Å²) in [5.41, 5.74) is 4.01. The molecule has 24 nitrogen and oxygen atoms in total. The third-order valence-electron chi connectivity index (χ3n) is 12.4. The molecule has 0 unspecified atom stereocenters. The van der Waals surface area contributed by atoms with Crippen molar-refractivity contribution in [2.45, 2.75) is 213 Å². The smallest absolute Gasteiger partial charge is 0.408 e. The summed E-state index contributed by atoms with van der Waals surface area (Å²) in [6.07, 6.45) is -1.04. The third-order valence-corrected chi connectivity index (χ3v) is 14.1. The van der Waals surface area contributed by atoms with E-state index in [0.717, 1.165) is 0 Å². The summed E-state index contributed by atoms with van der Waals surface area (Å²) >= 11 is 2.01. The second-order valence-corrected chi connectivity index (χ2v) is 26.9. The zero-order valence-electron chi connectivity index (χ0n) is 52.6. The molecule has 2 rings (SSSR count). The maximum Gasteiger partial charge on any atom is 0.408 e. The van der Waals surface area contributed by atoms with Crippen LogP contribution in [0.1, 0.15) is 134 Å². The van der Waals surface area contributed by atoms with Crippen LogP contribution < -0.4 is 47.7 Å². The Hall–Kier alpha value is -6.48. The molecule has 482 valence electrons. The topological polar surface area (TPSA) is 358 Å². The minimum absolute atomic E-state index is 0.0898. The molecule has 0 aliphatic rings. The molecule has 11 N–H and O–H groups in total. The van der Waals surface area contributed by atoms with E-state index in [0.29, 0.717) is 40.8 Å². The molecule has 0 radical (unpaired) electrons. The van der Waals surface area contributed by atoms with Gasteiger partial charge in [0.1, 0.15) is 59.2 Å². The number of carbonyl (C=O) groups excluding carboxylic acids is 8. The van der Waals surface area contributed by atoms with Gasteiger partial charge in [0.05, 0.1) is 36.4 Å². The molecule has 0 aliphatic carbocycles. The lowest BCUT2D eigenvalue weighted by Gasteiger charge is -2.33. The summed E-state index contributed by atoms with van der Waals surface area (Å²) in [5.74, 6) is -9.08. The summed E-state index contributed by atoms with van der Waals surface area (Å²) < 4.78 is 23.7. The third kappa shape index (κ3) is 29.8. The van der Waals surface area contributed by atoms with E-state index in [-0.39, 0.29) is 19.3 Å². The van der Waals surface area contributed by atoms with Crippen molar-refractivity contribution in [3.63, 3.8) is 0 Å². The van der Waals surface area contributed by atoms with Crippen molar-refractivity contribution in [2.24, 2.45) is 11.7 Å². The van der Waals surface area contributed by atoms with Crippen LogP contribution in [0.2, 0.25) is 0 Å². The van der Waals surface area contributed by atoms with Crippen LogP contribution in [0.25, 0.3) is 0 Å². The molecule has 7 amide bonds. The van der Waals surface area contributed by atoms with Crippen molar-refractivity contribution >= 4 is 82.1 Å². The summed E-state index contributed by atoms with van der Waals surface area (Å²) in [6.45, 7) is 25.1. The molecule has 0 aliphatic heterocycles. The maximum absolute atomic E-state index is 14.9. The molecule has 0 spiro atoms. The lowest BCUT2D eigenvalue weighted by Crippen LogP contribution is -2.63. The fourth-order valence-electron chi connectivity index (χ4n) is 8.01. The van der Waals surface area contributed by atoms with Gasteiger partial charge in [-0.15, -0.1) is 0 Å². The van der Waals surface area contributed by atoms with Crippen LogP contribution in [0.4, 0.5) is 4.79 Å². The Bertz CT molecular complexity index is 2590. The maximum atomic E-state index is 14.9. The Labute approximate surface area is 514 Å². The van der Waals surface area contributed by atoms with Crippen molar-refractivity contribution in [1.29, 1.82) is 0 Å². The van der Waals surface area contributed by atoms with Crippen molar-refractivity contribution in [2.75, 3.05) is 24.4 Å². The van der Waals surface area contributed by atoms with Gasteiger partial charge in [-0.25, -0.2) is 9.59 Å². The SMILES string of the molecule is CC[C@H](C)[C@H](NC(=O)[C@H](Cc1ccccc1)NC(=O)[C@H](CC(=O)O)NC(=O)[C@H](CSC(=O)[C@@H](N)CCSC)NC(=O)[C@@H](NC(=O)[C@H](COC(C)(C)C)NC(=O)[C@H](Cc1ccc(OC(C)(C)C)cc1)NC(=O)OC(C)(C)C)[C@@H](C)OC(C)(C)C)C(=O)O. The zero-order valence-corrected chi connectivity index (χ0v) is 54.3. The molecule has 26 heteroatoms. The highest BCUT2D eigenvalue weighted by atomic mass is 32.2. The van der Waals surface area contributed by atoms with Gasteiger partial charge in [0.25, 0.3) is 0 Å². The quantitative estimate of drug-likeness (QED) is 0.0473. The van der Waals surface area contributed by atoms with Crippen LogP contribution in [0.5, 0.6) is 5.75 Å². The van der Waals surface area contributed by atoms with Crippen LogP contribution in [0, 0.1) is 5.92 Å². The monoisotopic (exact) mass is 1250 g/mol. The van der Waals surface area contributed by atoms with Gasteiger partial charge in [-0.1, -0.05) is 74.5 Å². The largest absolute Gasteiger partial charge is 0.488 e. The predicted octanol–water partition coefficient (Wildman–Crippen LogP) is 4.42. The number of rotatable bonds is 33. The second kappa shape index (κ2) is 34.8. The van der Waals surface area contributed by atoms with Crippen LogP contribution in [0.3, 0.4) is 0 Å². The fraction of sp³-hybridized carbons (Fsp3) is 0.633. The Morgan fingerprint density at radius 2 is 1.06 bits per heavy atom. The number of carboxylic acids is 2. The number of aliphatic carboxylic acids is 2. The summed E-state index contributed by atoms with van der Waals surface area (Å²) in [5, 5.41) is 37.3. The standard InChI is InChI=1S/C60H94N8O16S2/c1-17-34(2)46(54(77)78)67-50(73)40(29-36-21-19-18-20-22-36)62-49(72)42(31-45(69)70)63-52(75)44(33-86-55(79)39(61)27-28-85-16)65-53(76)47(35(3)82-58(7,8)9)68-51(74)43(32-81-57(4,5)6)64-48(71)41(66-56(80)84-60(13,14)15)30-37-23-25-38(26-24-37)83-59(10,11)12/h18-26,34-35,39-44,46-47H,17,27-33,61H2,1-16H3,(H,62,72)(H,63,75)(H,64,71)(H,65,76)(H,66,80)(H,67,73)(H,68,74)(H,69,70)(H,77,78)/t34-,35+,39-,40-,41-,42-,43-,44-,46-,47-/m0/s1. The van der Waals surface area contributed by atoms with Crippen molar-refractivity contribution in [1.82, 2.24) is 37.2 Å². The van der Waals surface area contributed by atoms with Gasteiger partial charge in [0, 0.05) is 18.6 Å². The number of ether oxygens (including phenoxy) is 4. The van der Waals surface area contributed by atoms with E-state index in [1.807, 2.05) is 27.0 Å². The highest BCUT2D eigenvalue weighted by Crippen LogP contribution is 2.21. The Morgan fingerprint density at radius 1 is 0.570 bits per heavy atom. The van der Waals surface area contributed by atoms with Gasteiger partial charge in [-0.3, -0.25) is 38.4 Å². The summed E-state index contributed by atoms with van der Waals surface area (Å²) in [7, 11) is 0. The van der Waals surface area contributed by atoms with Gasteiger partial charge >= 0.3 is 18.0 Å². The number of benzene rings is 2. The lowest BCUT2D eigenvalue weighted by molar-refractivity contribution is -0.144. The van der Waals surface area contributed by atoms with Crippen molar-refractivity contribution in [3.05, 3.63) is 65.7 Å². The summed E-state index contributed by atoms with van der Waals surface area (Å²) in [4.78, 5) is 138. The van der Waals surface area contributed by atoms with E-state index in [1.165, 1.54) is 18.7 Å². The van der Waals surface area contributed by atoms with E-state index >= 15 is 0 Å². The first-order valence-electron chi connectivity index (χ1n) is 28.5. The van der Waals surface area contributed by atoms with E-state index in [2.05, 4.69) is 37.2 Å². The van der Waals surface area contributed by atoms with E-state index in [1.54, 1.807) is 131 Å². The van der Waals surface area contributed by atoms with Crippen LogP contribution >= 0.6 is 23.5 Å². The minimum Gasteiger partial charge on any atom is -0.488 e. The molecule has 0 fully saturated rings. The van der Waals surface area contributed by atoms with Gasteiger partial charge in [-0.05, 0) is 138 Å². The minimum atomic E-state index is -1.94. The van der Waals surface area contributed by atoms with Gasteiger partial charge in [-0.2, -0.15) is 11.8 Å². The fourth-order valence-corrected chi connectivity index (χ4v) is 9.40. The molecular formula is C60H94N8O16S2. The number of carboxylic acid groups (broad SMARTS) is 2. The molecule has 0 aromatic heterocycles. The second-order valence-electron chi connectivity index (χ2n) is 24.9. The van der Waals surface area contributed by atoms with Crippen LogP contribution in [-0.4, -0.2) is 170 Å². The Balaban J connectivity index is 2.72. The first kappa shape index (κ1) is 75.6. The van der Waals surface area contributed by atoms with Gasteiger partial charge < -0.3 is 72.1 Å². The number of carbonyl (C=O) groups is 10. The average Bonchev–Trinajstić information content (AvgIpc) is 2.09. The molecule has 86 heavy (non-hydrogen) atoms. The van der Waals surface area contributed by atoms with E-state index in [4.69, 9.17) is 24.7 Å².